The minimum absolute atomic E-state index is 0.00512. The summed E-state index contributed by atoms with van der Waals surface area (Å²) in [4.78, 5) is 40.4. The number of alkyl carbamates (subject to hydrolysis) is 2. The molecule has 0 radical (unpaired) electrons. The molecule has 5 N–H and O–H groups in total. The van der Waals surface area contributed by atoms with Crippen molar-refractivity contribution < 1.29 is 67.6 Å². The molecule has 1 saturated carbocycles. The molecule has 2 aromatic rings. The predicted octanol–water partition coefficient (Wildman–Crippen LogP) is 2.97. The summed E-state index contributed by atoms with van der Waals surface area (Å²) in [5.74, 6) is -0.809. The number of ether oxygens (including phenoxy) is 8. The highest BCUT2D eigenvalue weighted by Crippen LogP contribution is 2.43. The minimum atomic E-state index is -1.42. The molecule has 5 fully saturated rings. The molecule has 4 saturated heterocycles. The van der Waals surface area contributed by atoms with Gasteiger partial charge >= 0.3 is 18.3 Å². The van der Waals surface area contributed by atoms with Crippen molar-refractivity contribution in [1.82, 2.24) is 15.5 Å². The topological polar surface area (TPSA) is 213 Å². The SMILES string of the molecule is CC1C[C@@H]2OC(O[C@H]3OC(CCl)[C@@H](C)[C@H](O)C3O)C3C(OC(=O)N3C)C2O[C@@H]1O[C@@H]1C(NC(=O)OCc2ccccc2)C[C@@H](NC(=O)OCc2ccccc2)C(O)[C@H]1Cl. The highest BCUT2D eigenvalue weighted by Gasteiger charge is 2.60. The van der Waals surface area contributed by atoms with E-state index in [-0.39, 0.29) is 25.5 Å². The molecule has 0 spiro atoms. The Bertz CT molecular complexity index is 1740. The molecule has 324 valence electrons. The summed E-state index contributed by atoms with van der Waals surface area (Å²) in [7, 11) is 1.51. The first kappa shape index (κ1) is 43.6. The Hall–Kier alpha value is -3.49. The molecule has 1 aliphatic carbocycles. The lowest BCUT2D eigenvalue weighted by Gasteiger charge is -2.51. The molecular weight excluding hydrogens is 817 g/mol. The van der Waals surface area contributed by atoms with Gasteiger partial charge < -0.3 is 63.8 Å². The molecule has 0 bridgehead atoms. The van der Waals surface area contributed by atoms with Gasteiger partial charge in [-0.05, 0) is 24.0 Å². The highest BCUT2D eigenvalue weighted by atomic mass is 35.5. The molecule has 3 amide bonds. The maximum Gasteiger partial charge on any atom is 0.410 e. The Morgan fingerprint density at radius 1 is 0.780 bits per heavy atom. The van der Waals surface area contributed by atoms with E-state index in [0.717, 1.165) is 11.1 Å². The fourth-order valence-electron chi connectivity index (χ4n) is 8.27. The van der Waals surface area contributed by atoms with Gasteiger partial charge in [-0.2, -0.15) is 0 Å². The number of alkyl halides is 2. The second kappa shape index (κ2) is 19.1. The first-order valence-corrected chi connectivity index (χ1v) is 20.7. The van der Waals surface area contributed by atoms with E-state index in [0.29, 0.717) is 6.42 Å². The van der Waals surface area contributed by atoms with Crippen LogP contribution in [0.15, 0.2) is 60.7 Å². The summed E-state index contributed by atoms with van der Waals surface area (Å²) in [6.07, 6.45) is -13.5. The van der Waals surface area contributed by atoms with Gasteiger partial charge in [-0.15, -0.1) is 23.2 Å². The second-order valence-electron chi connectivity index (χ2n) is 15.7. The van der Waals surface area contributed by atoms with Gasteiger partial charge in [0, 0.05) is 24.8 Å². The van der Waals surface area contributed by atoms with E-state index >= 15 is 0 Å². The van der Waals surface area contributed by atoms with E-state index in [4.69, 9.17) is 61.1 Å². The molecule has 4 aliphatic heterocycles. The zero-order chi connectivity index (χ0) is 42.0. The molecular formula is C40H51Cl2N3O14. The summed E-state index contributed by atoms with van der Waals surface area (Å²) >= 11 is 13.0. The molecule has 17 nitrogen and oxygen atoms in total. The second-order valence-corrected chi connectivity index (χ2v) is 16.6. The molecule has 7 rings (SSSR count). The van der Waals surface area contributed by atoms with Crippen LogP contribution in [0.3, 0.4) is 0 Å². The molecule has 19 heteroatoms. The zero-order valence-electron chi connectivity index (χ0n) is 32.7. The number of benzene rings is 2. The summed E-state index contributed by atoms with van der Waals surface area (Å²) in [5.41, 5.74) is 1.53. The average molecular weight is 869 g/mol. The van der Waals surface area contributed by atoms with Crippen molar-refractivity contribution in [2.45, 2.75) is 131 Å². The number of fused-ring (bicyclic) bond motifs is 3. The van der Waals surface area contributed by atoms with E-state index in [1.807, 2.05) is 55.5 Å². The van der Waals surface area contributed by atoms with Crippen LogP contribution in [0.2, 0.25) is 0 Å². The number of carbonyl (C=O) groups excluding carboxylic acids is 3. The number of halogens is 2. The monoisotopic (exact) mass is 867 g/mol. The molecule has 4 heterocycles. The third-order valence-electron chi connectivity index (χ3n) is 11.7. The lowest BCUT2D eigenvalue weighted by atomic mass is 9.85. The van der Waals surface area contributed by atoms with Crippen molar-refractivity contribution in [3.05, 3.63) is 71.8 Å². The number of nitrogens with one attached hydrogen (secondary N) is 2. The average Bonchev–Trinajstić information content (AvgIpc) is 3.54. The summed E-state index contributed by atoms with van der Waals surface area (Å²) in [6, 6.07) is 15.5. The van der Waals surface area contributed by atoms with Crippen molar-refractivity contribution in [2.24, 2.45) is 11.8 Å². The quantitative estimate of drug-likeness (QED) is 0.162. The van der Waals surface area contributed by atoms with Gasteiger partial charge in [-0.1, -0.05) is 74.5 Å². The number of amides is 3. The van der Waals surface area contributed by atoms with E-state index in [1.165, 1.54) is 11.9 Å². The number of likely N-dealkylation sites (N-methyl/N-ethyl adjacent to an activating group) is 1. The Kier molecular flexibility index (Phi) is 14.1. The van der Waals surface area contributed by atoms with Crippen LogP contribution < -0.4 is 10.6 Å². The van der Waals surface area contributed by atoms with Crippen LogP contribution in [0, 0.1) is 11.8 Å². The first-order chi connectivity index (χ1) is 28.3. The van der Waals surface area contributed by atoms with E-state index in [9.17, 15) is 29.7 Å². The van der Waals surface area contributed by atoms with Crippen LogP contribution in [-0.2, 0) is 51.1 Å². The van der Waals surface area contributed by atoms with Crippen LogP contribution >= 0.6 is 23.2 Å². The van der Waals surface area contributed by atoms with Gasteiger partial charge in [0.1, 0.15) is 31.5 Å². The smallest absolute Gasteiger partial charge is 0.410 e. The lowest BCUT2D eigenvalue weighted by molar-refractivity contribution is -0.374. The molecule has 5 aliphatic rings. The third-order valence-corrected chi connectivity index (χ3v) is 12.5. The van der Waals surface area contributed by atoms with Gasteiger partial charge in [0.05, 0.1) is 48.0 Å². The maximum absolute atomic E-state index is 13.2. The first-order valence-electron chi connectivity index (χ1n) is 19.7. The molecule has 9 unspecified atom stereocenters. The lowest BCUT2D eigenvalue weighted by Crippen LogP contribution is -2.67. The summed E-state index contributed by atoms with van der Waals surface area (Å²) in [5, 5.41) is 37.3. The van der Waals surface area contributed by atoms with Crippen LogP contribution in [0.5, 0.6) is 0 Å². The zero-order valence-corrected chi connectivity index (χ0v) is 34.2. The van der Waals surface area contributed by atoms with Crippen molar-refractivity contribution in [1.29, 1.82) is 0 Å². The number of aliphatic hydroxyl groups is 3. The fourth-order valence-corrected chi connectivity index (χ4v) is 9.03. The predicted molar refractivity (Wildman–Crippen MR) is 207 cm³/mol. The van der Waals surface area contributed by atoms with E-state index < -0.39 is 121 Å². The molecule has 2 aromatic carbocycles. The van der Waals surface area contributed by atoms with Gasteiger partial charge in [0.2, 0.25) is 0 Å². The largest absolute Gasteiger partial charge is 0.445 e. The normalized spacial score (nSPS) is 39.3. The molecule has 17 atom stereocenters. The molecule has 59 heavy (non-hydrogen) atoms. The van der Waals surface area contributed by atoms with E-state index in [2.05, 4.69) is 10.6 Å². The number of aliphatic hydroxyl groups excluding tert-OH is 3. The van der Waals surface area contributed by atoms with Crippen molar-refractivity contribution in [3.8, 4) is 0 Å². The summed E-state index contributed by atoms with van der Waals surface area (Å²) in [6.45, 7) is 3.54. The van der Waals surface area contributed by atoms with Crippen LogP contribution in [-0.4, -0.2) is 143 Å². The van der Waals surface area contributed by atoms with Gasteiger partial charge in [-0.25, -0.2) is 14.4 Å². The van der Waals surface area contributed by atoms with Crippen LogP contribution in [0.25, 0.3) is 0 Å². The van der Waals surface area contributed by atoms with Gasteiger partial charge in [0.25, 0.3) is 0 Å². The van der Waals surface area contributed by atoms with Crippen molar-refractivity contribution in [2.75, 3.05) is 12.9 Å². The number of hydrogen-bond donors (Lipinski definition) is 5. The number of rotatable bonds is 11. The van der Waals surface area contributed by atoms with Crippen molar-refractivity contribution in [3.63, 3.8) is 0 Å². The third kappa shape index (κ3) is 9.70. The Labute approximate surface area is 351 Å². The van der Waals surface area contributed by atoms with E-state index in [1.54, 1.807) is 19.1 Å². The minimum Gasteiger partial charge on any atom is -0.445 e. The van der Waals surface area contributed by atoms with Gasteiger partial charge in [-0.3, -0.25) is 4.90 Å². The Morgan fingerprint density at radius 2 is 1.39 bits per heavy atom. The standard InChI is InChI=1S/C40H51Cl2N3O14/c1-19-14-25-33(34-28(45(3)40(51)58-34)36(54-25)59-37-31(48)29(46)20(2)26(16-41)55-37)57-35(19)56-32-24(44-39(50)53-18-22-12-8-5-9-13-22)15-23(30(47)27(32)42)43-38(49)52-17-21-10-6-4-7-11-21/h4-13,19-20,23-37,46-48H,14-18H2,1-3H3,(H,43,49)(H,44,50)/t19?,20-,23-,24?,25+,26?,27-,28?,29+,30?,31?,32-,33?,34?,35+,36?,37-/m1/s1. The number of nitrogens with zero attached hydrogens (tertiary/aromatic N) is 1. The number of hydrogen-bond acceptors (Lipinski definition) is 14. The van der Waals surface area contributed by atoms with Crippen LogP contribution in [0.1, 0.15) is 37.8 Å². The van der Waals surface area contributed by atoms with Crippen LogP contribution in [0.4, 0.5) is 14.4 Å². The Balaban J connectivity index is 1.05. The summed E-state index contributed by atoms with van der Waals surface area (Å²) < 4.78 is 48.3. The highest BCUT2D eigenvalue weighted by molar-refractivity contribution is 6.21. The fraction of sp³-hybridized carbons (Fsp3) is 0.625. The molecule has 0 aromatic heterocycles. The van der Waals surface area contributed by atoms with Crippen molar-refractivity contribution >= 4 is 41.5 Å². The Morgan fingerprint density at radius 3 is 2.00 bits per heavy atom. The maximum atomic E-state index is 13.2. The van der Waals surface area contributed by atoms with Gasteiger partial charge in [0.15, 0.2) is 25.0 Å². The number of carbonyl (C=O) groups is 3.